The zero-order chi connectivity index (χ0) is 11.7. The Labute approximate surface area is 95.3 Å². The molecule has 1 aromatic heterocycles. The topological polar surface area (TPSA) is 38.1 Å². The minimum Gasteiger partial charge on any atom is -0.504 e. The number of hydrogen-bond acceptors (Lipinski definition) is 2. The first-order chi connectivity index (χ1) is 7.59. The zero-order valence-electron chi connectivity index (χ0n) is 9.81. The molecule has 1 heterocycles. The van der Waals surface area contributed by atoms with Crippen molar-refractivity contribution in [3.05, 3.63) is 36.0 Å². The molecule has 0 unspecified atom stereocenters. The maximum absolute atomic E-state index is 9.82. The number of aryl methyl sites for hydroxylation is 1. The molecule has 0 spiro atoms. The maximum atomic E-state index is 9.82. The molecule has 2 aromatic rings. The fourth-order valence-electron chi connectivity index (χ4n) is 1.74. The van der Waals surface area contributed by atoms with Crippen LogP contribution in [-0.4, -0.2) is 14.9 Å². The van der Waals surface area contributed by atoms with E-state index in [1.807, 2.05) is 49.7 Å². The monoisotopic (exact) mass is 216 g/mol. The highest BCUT2D eigenvalue weighted by atomic mass is 16.3. The molecule has 0 atom stereocenters. The first-order valence-corrected chi connectivity index (χ1v) is 5.43. The van der Waals surface area contributed by atoms with E-state index < -0.39 is 0 Å². The lowest BCUT2D eigenvalue weighted by Gasteiger charge is -2.11. The summed E-state index contributed by atoms with van der Waals surface area (Å²) in [7, 11) is 0. The molecule has 0 bridgehead atoms. The number of rotatable bonds is 2. The van der Waals surface area contributed by atoms with Crippen molar-refractivity contribution in [3.63, 3.8) is 0 Å². The summed E-state index contributed by atoms with van der Waals surface area (Å²) in [6, 6.07) is 8.31. The van der Waals surface area contributed by atoms with Crippen LogP contribution in [0, 0.1) is 6.92 Å². The first-order valence-electron chi connectivity index (χ1n) is 5.43. The third kappa shape index (κ3) is 1.81. The van der Waals surface area contributed by atoms with E-state index in [9.17, 15) is 5.11 Å². The number of hydrogen-bond donors (Lipinski definition) is 1. The van der Waals surface area contributed by atoms with Crippen LogP contribution < -0.4 is 0 Å². The standard InChI is InChI=1S/C13H16N2O/c1-9(2)15-13(12(16)8-14-15)11-6-4-10(3)5-7-11/h4-9,16H,1-3H3. The molecule has 0 amide bonds. The summed E-state index contributed by atoms with van der Waals surface area (Å²) >= 11 is 0. The fraction of sp³-hybridized carbons (Fsp3) is 0.308. The first kappa shape index (κ1) is 10.7. The smallest absolute Gasteiger partial charge is 0.161 e. The molecule has 0 saturated heterocycles. The van der Waals surface area contributed by atoms with Gasteiger partial charge in [0.1, 0.15) is 5.69 Å². The Kier molecular flexibility index (Phi) is 2.69. The normalized spacial score (nSPS) is 11.0. The van der Waals surface area contributed by atoms with E-state index in [1.165, 1.54) is 11.8 Å². The van der Waals surface area contributed by atoms with Crippen LogP contribution in [0.1, 0.15) is 25.5 Å². The molecule has 0 aliphatic heterocycles. The second-order valence-corrected chi connectivity index (χ2v) is 4.28. The Hall–Kier alpha value is -1.77. The molecular formula is C13H16N2O. The van der Waals surface area contributed by atoms with E-state index in [0.717, 1.165) is 11.3 Å². The van der Waals surface area contributed by atoms with Gasteiger partial charge in [-0.05, 0) is 20.8 Å². The predicted octanol–water partition coefficient (Wildman–Crippen LogP) is 3.15. The van der Waals surface area contributed by atoms with Crippen molar-refractivity contribution in [2.45, 2.75) is 26.8 Å². The van der Waals surface area contributed by atoms with Crippen molar-refractivity contribution in [1.82, 2.24) is 9.78 Å². The van der Waals surface area contributed by atoms with E-state index in [2.05, 4.69) is 5.10 Å². The van der Waals surface area contributed by atoms with Gasteiger partial charge in [-0.3, -0.25) is 4.68 Å². The van der Waals surface area contributed by atoms with Crippen molar-refractivity contribution in [2.75, 3.05) is 0 Å². The van der Waals surface area contributed by atoms with Gasteiger partial charge in [0.15, 0.2) is 5.75 Å². The van der Waals surface area contributed by atoms with Crippen LogP contribution in [0.3, 0.4) is 0 Å². The van der Waals surface area contributed by atoms with Crippen LogP contribution in [0.15, 0.2) is 30.5 Å². The van der Waals surface area contributed by atoms with Gasteiger partial charge in [-0.2, -0.15) is 5.10 Å². The highest BCUT2D eigenvalue weighted by molar-refractivity contribution is 5.66. The molecule has 1 N–H and O–H groups in total. The average molecular weight is 216 g/mol. The molecule has 0 aliphatic rings. The Morgan fingerprint density at radius 3 is 2.38 bits per heavy atom. The van der Waals surface area contributed by atoms with Gasteiger partial charge in [-0.25, -0.2) is 0 Å². The molecule has 0 fully saturated rings. The number of nitrogens with zero attached hydrogens (tertiary/aromatic N) is 2. The molecule has 0 aliphatic carbocycles. The molecule has 1 aromatic carbocycles. The number of aromatic nitrogens is 2. The van der Waals surface area contributed by atoms with Gasteiger partial charge < -0.3 is 5.11 Å². The van der Waals surface area contributed by atoms with Crippen molar-refractivity contribution in [2.24, 2.45) is 0 Å². The van der Waals surface area contributed by atoms with E-state index >= 15 is 0 Å². The van der Waals surface area contributed by atoms with Gasteiger partial charge >= 0.3 is 0 Å². The van der Waals surface area contributed by atoms with Crippen LogP contribution in [-0.2, 0) is 0 Å². The Balaban J connectivity index is 2.54. The summed E-state index contributed by atoms with van der Waals surface area (Å²) in [6.07, 6.45) is 1.50. The lowest BCUT2D eigenvalue weighted by atomic mass is 10.1. The van der Waals surface area contributed by atoms with Crippen molar-refractivity contribution in [3.8, 4) is 17.0 Å². The molecule has 0 saturated carbocycles. The third-order valence-corrected chi connectivity index (χ3v) is 2.59. The lowest BCUT2D eigenvalue weighted by Crippen LogP contribution is -2.04. The quantitative estimate of drug-likeness (QED) is 0.837. The summed E-state index contributed by atoms with van der Waals surface area (Å²) in [5.74, 6) is 0.234. The molecule has 16 heavy (non-hydrogen) atoms. The van der Waals surface area contributed by atoms with Crippen LogP contribution in [0.2, 0.25) is 0 Å². The SMILES string of the molecule is Cc1ccc(-c2c(O)cnn2C(C)C)cc1. The predicted molar refractivity (Wildman–Crippen MR) is 64.4 cm³/mol. The van der Waals surface area contributed by atoms with Crippen molar-refractivity contribution < 1.29 is 5.11 Å². The van der Waals surface area contributed by atoms with E-state index in [4.69, 9.17) is 0 Å². The minimum absolute atomic E-state index is 0.234. The molecule has 3 heteroatoms. The number of aromatic hydroxyl groups is 1. The van der Waals surface area contributed by atoms with Gasteiger partial charge in [-0.1, -0.05) is 29.8 Å². The van der Waals surface area contributed by atoms with E-state index in [0.29, 0.717) is 0 Å². The van der Waals surface area contributed by atoms with Crippen LogP contribution in [0.25, 0.3) is 11.3 Å². The average Bonchev–Trinajstić information content (AvgIpc) is 2.62. The van der Waals surface area contributed by atoms with Gasteiger partial charge in [0.25, 0.3) is 0 Å². The highest BCUT2D eigenvalue weighted by Crippen LogP contribution is 2.30. The van der Waals surface area contributed by atoms with Crippen LogP contribution >= 0.6 is 0 Å². The summed E-state index contributed by atoms with van der Waals surface area (Å²) in [5, 5.41) is 14.0. The summed E-state index contributed by atoms with van der Waals surface area (Å²) < 4.78 is 1.83. The molecule has 84 valence electrons. The zero-order valence-corrected chi connectivity index (χ0v) is 9.81. The minimum atomic E-state index is 0.234. The Morgan fingerprint density at radius 2 is 1.81 bits per heavy atom. The molecule has 3 nitrogen and oxygen atoms in total. The molecule has 0 radical (unpaired) electrons. The largest absolute Gasteiger partial charge is 0.504 e. The second-order valence-electron chi connectivity index (χ2n) is 4.28. The Bertz CT molecular complexity index is 483. The highest BCUT2D eigenvalue weighted by Gasteiger charge is 2.13. The van der Waals surface area contributed by atoms with Gasteiger partial charge in [-0.15, -0.1) is 0 Å². The van der Waals surface area contributed by atoms with Crippen LogP contribution in [0.4, 0.5) is 0 Å². The summed E-state index contributed by atoms with van der Waals surface area (Å²) in [6.45, 7) is 6.14. The van der Waals surface area contributed by atoms with E-state index in [-0.39, 0.29) is 11.8 Å². The van der Waals surface area contributed by atoms with Gasteiger partial charge in [0, 0.05) is 11.6 Å². The van der Waals surface area contributed by atoms with Gasteiger partial charge in [0.05, 0.1) is 6.20 Å². The molecular weight excluding hydrogens is 200 g/mol. The Morgan fingerprint density at radius 1 is 1.19 bits per heavy atom. The fourth-order valence-corrected chi connectivity index (χ4v) is 1.74. The summed E-state index contributed by atoms with van der Waals surface area (Å²) in [4.78, 5) is 0. The van der Waals surface area contributed by atoms with Gasteiger partial charge in [0.2, 0.25) is 0 Å². The summed E-state index contributed by atoms with van der Waals surface area (Å²) in [5.41, 5.74) is 2.99. The van der Waals surface area contributed by atoms with E-state index in [1.54, 1.807) is 0 Å². The number of benzene rings is 1. The maximum Gasteiger partial charge on any atom is 0.161 e. The lowest BCUT2D eigenvalue weighted by molar-refractivity contribution is 0.473. The van der Waals surface area contributed by atoms with Crippen LogP contribution in [0.5, 0.6) is 5.75 Å². The second kappa shape index (κ2) is 4.00. The van der Waals surface area contributed by atoms with Crippen molar-refractivity contribution in [1.29, 1.82) is 0 Å². The molecule has 2 rings (SSSR count). The third-order valence-electron chi connectivity index (χ3n) is 2.59. The van der Waals surface area contributed by atoms with Crippen molar-refractivity contribution >= 4 is 0 Å².